The lowest BCUT2D eigenvalue weighted by Crippen LogP contribution is -2.51. The number of nitrogens with one attached hydrogen (secondary N) is 3. The van der Waals surface area contributed by atoms with Crippen LogP contribution in [0.5, 0.6) is 0 Å². The standard InChI is InChI=1S/C40H45F3N10O4/c1-2-18-52(37(56)40(41,42)43)30-20-31(34(55)33(30)54)53-24-47-32-35(45-22-29(25-11-5-3-6-12-25)26-13-7-4-8-14-26)49-38(50-36(32)53)51-19-16-28(23-51)48-39(57)46-21-27-15-9-10-17-44-27/h3-15,17,24,28-31,33-34,54-55H,2,16,18-23H2,1H3,(H,45,49,50)(H2,46,48,57)/t28-,30+,31-,33-,34-/m1/s1. The van der Waals surface area contributed by atoms with E-state index < -0.39 is 36.4 Å². The number of benzene rings is 2. The molecule has 0 unspecified atom stereocenters. The molecule has 14 nitrogen and oxygen atoms in total. The number of aromatic nitrogens is 5. The molecule has 3 aromatic heterocycles. The molecule has 57 heavy (non-hydrogen) atoms. The Hall–Kier alpha value is -5.81. The number of fused-ring (bicyclic) bond motifs is 1. The number of aliphatic hydroxyl groups excluding tert-OH is 2. The Kier molecular flexibility index (Phi) is 11.9. The van der Waals surface area contributed by atoms with Gasteiger partial charge in [0, 0.05) is 44.3 Å². The topological polar surface area (TPSA) is 174 Å². The van der Waals surface area contributed by atoms with E-state index in [-0.39, 0.29) is 49.6 Å². The third kappa shape index (κ3) is 8.78. The number of carbonyl (C=O) groups excluding carboxylic acids is 2. The maximum atomic E-state index is 13.7. The largest absolute Gasteiger partial charge is 0.471 e. The van der Waals surface area contributed by atoms with Crippen molar-refractivity contribution < 1.29 is 33.0 Å². The van der Waals surface area contributed by atoms with E-state index >= 15 is 0 Å². The quantitative estimate of drug-likeness (QED) is 0.115. The van der Waals surface area contributed by atoms with Gasteiger partial charge in [0.1, 0.15) is 12.2 Å². The molecule has 300 valence electrons. The van der Waals surface area contributed by atoms with Crippen LogP contribution in [0.4, 0.5) is 29.7 Å². The molecule has 7 rings (SSSR count). The Morgan fingerprint density at radius 2 is 1.65 bits per heavy atom. The van der Waals surface area contributed by atoms with Gasteiger partial charge in [0.05, 0.1) is 30.6 Å². The average molecular weight is 787 g/mol. The van der Waals surface area contributed by atoms with E-state index in [1.54, 1.807) is 23.8 Å². The van der Waals surface area contributed by atoms with Gasteiger partial charge in [0.25, 0.3) is 0 Å². The highest BCUT2D eigenvalue weighted by Crippen LogP contribution is 2.38. The second kappa shape index (κ2) is 17.1. The van der Waals surface area contributed by atoms with Crippen LogP contribution in [0.1, 0.15) is 55.0 Å². The summed E-state index contributed by atoms with van der Waals surface area (Å²) in [6.45, 7) is 2.93. The molecule has 5 atom stereocenters. The first-order chi connectivity index (χ1) is 27.5. The summed E-state index contributed by atoms with van der Waals surface area (Å²) < 4.78 is 42.5. The average Bonchev–Trinajstić information content (AvgIpc) is 3.94. The summed E-state index contributed by atoms with van der Waals surface area (Å²) in [5.41, 5.74) is 3.49. The van der Waals surface area contributed by atoms with Crippen molar-refractivity contribution in [2.75, 3.05) is 36.4 Å². The summed E-state index contributed by atoms with van der Waals surface area (Å²) in [5, 5.41) is 31.8. The van der Waals surface area contributed by atoms with Gasteiger partial charge >= 0.3 is 18.1 Å². The van der Waals surface area contributed by atoms with Gasteiger partial charge in [0.15, 0.2) is 17.0 Å². The van der Waals surface area contributed by atoms with E-state index in [9.17, 15) is 33.0 Å². The summed E-state index contributed by atoms with van der Waals surface area (Å²) in [6, 6.07) is 22.6. The van der Waals surface area contributed by atoms with Gasteiger partial charge in [-0.05, 0) is 42.5 Å². The third-order valence-corrected chi connectivity index (χ3v) is 10.6. The van der Waals surface area contributed by atoms with E-state index in [4.69, 9.17) is 9.97 Å². The van der Waals surface area contributed by atoms with Crippen LogP contribution in [0.2, 0.25) is 0 Å². The van der Waals surface area contributed by atoms with Crippen molar-refractivity contribution in [2.45, 2.75) is 75.2 Å². The van der Waals surface area contributed by atoms with Crippen LogP contribution >= 0.6 is 0 Å². The number of urea groups is 1. The summed E-state index contributed by atoms with van der Waals surface area (Å²) in [4.78, 5) is 46.5. The Bertz CT molecular complexity index is 2090. The van der Waals surface area contributed by atoms with Crippen LogP contribution < -0.4 is 20.9 Å². The SMILES string of the molecule is CCCN(C(=O)C(F)(F)F)[C@H]1C[C@@H](n2cnc3c(NCC(c4ccccc4)c4ccccc4)nc(N4CC[C@@H](NC(=O)NCc5ccccn5)C4)nc32)[C@@H](O)[C@@H]1O. The Labute approximate surface area is 327 Å². The number of hydrogen-bond donors (Lipinski definition) is 5. The third-order valence-electron chi connectivity index (χ3n) is 10.6. The number of carbonyl (C=O) groups is 2. The van der Waals surface area contributed by atoms with Gasteiger partial charge in [-0.3, -0.25) is 9.78 Å². The lowest BCUT2D eigenvalue weighted by atomic mass is 9.91. The molecule has 0 spiro atoms. The molecule has 4 heterocycles. The van der Waals surface area contributed by atoms with Gasteiger partial charge < -0.3 is 40.5 Å². The number of rotatable bonds is 13. The zero-order valence-corrected chi connectivity index (χ0v) is 31.3. The summed E-state index contributed by atoms with van der Waals surface area (Å²) in [5.74, 6) is -1.46. The van der Waals surface area contributed by atoms with Crippen molar-refractivity contribution >= 4 is 34.9 Å². The molecule has 1 aliphatic carbocycles. The highest BCUT2D eigenvalue weighted by atomic mass is 19.4. The second-order valence-electron chi connectivity index (χ2n) is 14.4. The molecule has 2 aliphatic rings. The highest BCUT2D eigenvalue weighted by molar-refractivity contribution is 5.85. The molecule has 2 aromatic carbocycles. The molecule has 1 saturated carbocycles. The number of hydrogen-bond acceptors (Lipinski definition) is 10. The van der Waals surface area contributed by atoms with E-state index in [0.29, 0.717) is 48.2 Å². The summed E-state index contributed by atoms with van der Waals surface area (Å²) in [7, 11) is 0. The fourth-order valence-corrected chi connectivity index (χ4v) is 7.77. The predicted molar refractivity (Wildman–Crippen MR) is 206 cm³/mol. The molecule has 5 aromatic rings. The smallest absolute Gasteiger partial charge is 0.388 e. The number of amides is 3. The molecule has 1 aliphatic heterocycles. The van der Waals surface area contributed by atoms with Crippen LogP contribution in [0.3, 0.4) is 0 Å². The summed E-state index contributed by atoms with van der Waals surface area (Å²) in [6.07, 6.45) is -4.62. The monoisotopic (exact) mass is 786 g/mol. The minimum Gasteiger partial charge on any atom is -0.388 e. The fourth-order valence-electron chi connectivity index (χ4n) is 7.77. The lowest BCUT2D eigenvalue weighted by Gasteiger charge is -2.31. The van der Waals surface area contributed by atoms with Crippen LogP contribution in [0, 0.1) is 0 Å². The van der Waals surface area contributed by atoms with Gasteiger partial charge in [-0.25, -0.2) is 9.78 Å². The zero-order chi connectivity index (χ0) is 40.1. The molecular weight excluding hydrogens is 741 g/mol. The minimum absolute atomic E-state index is 0.0869. The van der Waals surface area contributed by atoms with Gasteiger partial charge in [-0.15, -0.1) is 0 Å². The molecular formula is C40H45F3N10O4. The maximum absolute atomic E-state index is 13.7. The number of aliphatic hydroxyl groups is 2. The number of alkyl halides is 3. The number of pyridine rings is 1. The maximum Gasteiger partial charge on any atom is 0.471 e. The van der Waals surface area contributed by atoms with Crippen molar-refractivity contribution in [1.29, 1.82) is 0 Å². The first-order valence-corrected chi connectivity index (χ1v) is 19.0. The number of anilines is 2. The van der Waals surface area contributed by atoms with Crippen molar-refractivity contribution in [3.05, 3.63) is 108 Å². The van der Waals surface area contributed by atoms with Gasteiger partial charge in [-0.2, -0.15) is 23.1 Å². The number of nitrogens with zero attached hydrogens (tertiary/aromatic N) is 7. The number of imidazole rings is 1. The first-order valence-electron chi connectivity index (χ1n) is 19.0. The Balaban J connectivity index is 1.19. The Morgan fingerprint density at radius 1 is 0.947 bits per heavy atom. The van der Waals surface area contributed by atoms with Crippen LogP contribution in [-0.2, 0) is 11.3 Å². The van der Waals surface area contributed by atoms with Crippen LogP contribution in [0.15, 0.2) is 91.4 Å². The predicted octanol–water partition coefficient (Wildman–Crippen LogP) is 4.38. The molecule has 1 saturated heterocycles. The molecule has 3 amide bonds. The van der Waals surface area contributed by atoms with Crippen LogP contribution in [-0.4, -0.2) is 108 Å². The lowest BCUT2D eigenvalue weighted by molar-refractivity contribution is -0.190. The number of halogens is 3. The van der Waals surface area contributed by atoms with Crippen molar-refractivity contribution in [3.8, 4) is 0 Å². The normalized spacial score (nSPS) is 20.9. The van der Waals surface area contributed by atoms with Crippen molar-refractivity contribution in [1.82, 2.24) is 40.0 Å². The molecule has 0 radical (unpaired) electrons. The van der Waals surface area contributed by atoms with Crippen molar-refractivity contribution in [2.24, 2.45) is 0 Å². The zero-order valence-electron chi connectivity index (χ0n) is 31.3. The first kappa shape index (κ1) is 39.4. The van der Waals surface area contributed by atoms with E-state index in [1.807, 2.05) is 77.7 Å². The second-order valence-corrected chi connectivity index (χ2v) is 14.4. The van der Waals surface area contributed by atoms with E-state index in [1.165, 1.54) is 6.33 Å². The van der Waals surface area contributed by atoms with Gasteiger partial charge in [-0.1, -0.05) is 73.7 Å². The molecule has 2 fully saturated rings. The van der Waals surface area contributed by atoms with E-state index in [0.717, 1.165) is 16.8 Å². The van der Waals surface area contributed by atoms with Crippen molar-refractivity contribution in [3.63, 3.8) is 0 Å². The van der Waals surface area contributed by atoms with Gasteiger partial charge in [0.2, 0.25) is 5.95 Å². The fraction of sp³-hybridized carbons (Fsp3) is 0.400. The minimum atomic E-state index is -5.15. The van der Waals surface area contributed by atoms with E-state index in [2.05, 4.69) is 25.9 Å². The van der Waals surface area contributed by atoms with Crippen LogP contribution in [0.25, 0.3) is 11.2 Å². The summed E-state index contributed by atoms with van der Waals surface area (Å²) >= 11 is 0. The molecule has 0 bridgehead atoms. The Morgan fingerprint density at radius 3 is 2.30 bits per heavy atom. The molecule has 17 heteroatoms. The molecule has 5 N–H and O–H groups in total. The highest BCUT2D eigenvalue weighted by Gasteiger charge is 2.51.